The third-order valence-corrected chi connectivity index (χ3v) is 7.17. The van der Waals surface area contributed by atoms with Crippen molar-refractivity contribution in [1.29, 1.82) is 0 Å². The molecule has 146 valence electrons. The highest BCUT2D eigenvalue weighted by molar-refractivity contribution is 7.14. The fraction of sp³-hybridized carbons (Fsp3) is 0.333. The molecule has 0 radical (unpaired) electrons. The maximum absolute atomic E-state index is 11.9. The van der Waals surface area contributed by atoms with E-state index in [1.54, 1.807) is 22.7 Å². The van der Waals surface area contributed by atoms with Gasteiger partial charge in [0.2, 0.25) is 5.91 Å². The van der Waals surface area contributed by atoms with Crippen LogP contribution in [0.1, 0.15) is 24.8 Å². The van der Waals surface area contributed by atoms with E-state index >= 15 is 0 Å². The molecule has 0 unspecified atom stereocenters. The summed E-state index contributed by atoms with van der Waals surface area (Å²) in [5, 5.41) is 5.00. The predicted molar refractivity (Wildman–Crippen MR) is 117 cm³/mol. The van der Waals surface area contributed by atoms with Crippen LogP contribution >= 0.6 is 34.3 Å². The van der Waals surface area contributed by atoms with Gasteiger partial charge in [0.1, 0.15) is 0 Å². The summed E-state index contributed by atoms with van der Waals surface area (Å²) in [7, 11) is 0. The number of benzene rings is 1. The van der Waals surface area contributed by atoms with Gasteiger partial charge in [-0.2, -0.15) is 0 Å². The molecule has 3 aromatic rings. The summed E-state index contributed by atoms with van der Waals surface area (Å²) in [6, 6.07) is 10.0. The lowest BCUT2D eigenvalue weighted by atomic mass is 10.2. The van der Waals surface area contributed by atoms with Gasteiger partial charge in [0.25, 0.3) is 0 Å². The zero-order chi connectivity index (χ0) is 19.5. The molecule has 3 heterocycles. The highest BCUT2D eigenvalue weighted by atomic mass is 35.5. The zero-order valence-electron chi connectivity index (χ0n) is 15.7. The molecule has 4 rings (SSSR count). The second-order valence-corrected chi connectivity index (χ2v) is 9.06. The van der Waals surface area contributed by atoms with Crippen LogP contribution in [0.5, 0.6) is 0 Å². The second kappa shape index (κ2) is 8.64. The number of carbonyl (C=O) groups excluding carboxylic acids is 1. The lowest BCUT2D eigenvalue weighted by Crippen LogP contribution is -2.27. The van der Waals surface area contributed by atoms with Crippen LogP contribution in [0.4, 0.5) is 5.69 Å². The summed E-state index contributed by atoms with van der Waals surface area (Å²) in [6.07, 6.45) is 2.60. The first-order valence-electron chi connectivity index (χ1n) is 9.43. The van der Waals surface area contributed by atoms with E-state index in [-0.39, 0.29) is 5.91 Å². The van der Waals surface area contributed by atoms with Crippen LogP contribution < -0.4 is 4.80 Å². The van der Waals surface area contributed by atoms with Gasteiger partial charge in [-0.1, -0.05) is 23.7 Å². The van der Waals surface area contributed by atoms with Crippen molar-refractivity contribution in [1.82, 2.24) is 9.47 Å². The van der Waals surface area contributed by atoms with Crippen molar-refractivity contribution >= 4 is 45.9 Å². The number of hydrogen-bond acceptors (Lipinski definition) is 4. The first-order chi connectivity index (χ1) is 13.6. The van der Waals surface area contributed by atoms with Crippen LogP contribution in [0.3, 0.4) is 0 Å². The van der Waals surface area contributed by atoms with Gasteiger partial charge < -0.3 is 9.47 Å². The lowest BCUT2D eigenvalue weighted by Gasteiger charge is -2.16. The Morgan fingerprint density at radius 2 is 2.07 bits per heavy atom. The molecule has 0 atom stereocenters. The van der Waals surface area contributed by atoms with Crippen molar-refractivity contribution in [2.75, 3.05) is 13.1 Å². The summed E-state index contributed by atoms with van der Waals surface area (Å²) in [5.41, 5.74) is 3.08. The highest BCUT2D eigenvalue weighted by Gasteiger charge is 2.19. The zero-order valence-corrected chi connectivity index (χ0v) is 18.1. The SMILES string of the molecule is Cc1c(Cl)cccc1N=c1scc(-c2cccs2)n1CCCN1CCCC1=O. The summed E-state index contributed by atoms with van der Waals surface area (Å²) in [5.74, 6) is 0.285. The molecular weight excluding hydrogens is 410 g/mol. The fourth-order valence-electron chi connectivity index (χ4n) is 3.44. The van der Waals surface area contributed by atoms with E-state index in [0.29, 0.717) is 6.42 Å². The van der Waals surface area contributed by atoms with E-state index < -0.39 is 0 Å². The average molecular weight is 432 g/mol. The highest BCUT2D eigenvalue weighted by Crippen LogP contribution is 2.28. The number of rotatable bonds is 6. The smallest absolute Gasteiger partial charge is 0.222 e. The van der Waals surface area contributed by atoms with Gasteiger partial charge in [-0.15, -0.1) is 22.7 Å². The van der Waals surface area contributed by atoms with Gasteiger partial charge in [-0.25, -0.2) is 4.99 Å². The Labute approximate surface area is 177 Å². The van der Waals surface area contributed by atoms with Gasteiger partial charge in [0.05, 0.1) is 16.3 Å². The third-order valence-electron chi connectivity index (χ3n) is 5.01. The minimum atomic E-state index is 0.285. The molecule has 0 bridgehead atoms. The van der Waals surface area contributed by atoms with E-state index in [4.69, 9.17) is 16.6 Å². The molecule has 4 nitrogen and oxygen atoms in total. The topological polar surface area (TPSA) is 37.6 Å². The Morgan fingerprint density at radius 1 is 1.18 bits per heavy atom. The van der Waals surface area contributed by atoms with Crippen molar-refractivity contribution in [3.63, 3.8) is 0 Å². The van der Waals surface area contributed by atoms with E-state index in [1.165, 1.54) is 10.6 Å². The summed E-state index contributed by atoms with van der Waals surface area (Å²) < 4.78 is 2.28. The van der Waals surface area contributed by atoms with Gasteiger partial charge in [-0.3, -0.25) is 4.79 Å². The molecule has 1 saturated heterocycles. The van der Waals surface area contributed by atoms with Crippen molar-refractivity contribution in [2.45, 2.75) is 32.7 Å². The number of halogens is 1. The van der Waals surface area contributed by atoms with Gasteiger partial charge in [0, 0.05) is 36.5 Å². The number of thiophene rings is 1. The summed E-state index contributed by atoms with van der Waals surface area (Å²) in [4.78, 5) is 21.0. The van der Waals surface area contributed by atoms with Gasteiger partial charge in [0.15, 0.2) is 4.80 Å². The molecular formula is C21H22ClN3OS2. The molecule has 0 spiro atoms. The van der Waals surface area contributed by atoms with Crippen LogP contribution in [0.2, 0.25) is 5.02 Å². The van der Waals surface area contributed by atoms with E-state index in [2.05, 4.69) is 27.5 Å². The van der Waals surface area contributed by atoms with Crippen molar-refractivity contribution < 1.29 is 4.79 Å². The summed E-state index contributed by atoms with van der Waals surface area (Å²) >= 11 is 9.66. The maximum Gasteiger partial charge on any atom is 0.222 e. The number of nitrogens with zero attached hydrogens (tertiary/aromatic N) is 3. The molecule has 0 aliphatic carbocycles. The Morgan fingerprint density at radius 3 is 2.82 bits per heavy atom. The molecule has 1 amide bonds. The molecule has 1 aliphatic heterocycles. The number of amides is 1. The Bertz CT molecular complexity index is 1040. The number of likely N-dealkylation sites (tertiary alicyclic amines) is 1. The third kappa shape index (κ3) is 4.09. The van der Waals surface area contributed by atoms with Crippen molar-refractivity contribution in [3.8, 4) is 10.6 Å². The monoisotopic (exact) mass is 431 g/mol. The molecule has 28 heavy (non-hydrogen) atoms. The molecule has 1 fully saturated rings. The van der Waals surface area contributed by atoms with Crippen LogP contribution in [-0.4, -0.2) is 28.5 Å². The van der Waals surface area contributed by atoms with Crippen molar-refractivity contribution in [2.24, 2.45) is 4.99 Å². The molecule has 0 N–H and O–H groups in total. The molecule has 7 heteroatoms. The minimum Gasteiger partial charge on any atom is -0.343 e. The summed E-state index contributed by atoms with van der Waals surface area (Å²) in [6.45, 7) is 4.53. The minimum absolute atomic E-state index is 0.285. The van der Waals surface area contributed by atoms with E-state index in [1.807, 2.05) is 30.0 Å². The fourth-order valence-corrected chi connectivity index (χ4v) is 5.37. The normalized spacial score (nSPS) is 15.0. The number of aromatic nitrogens is 1. The number of hydrogen-bond donors (Lipinski definition) is 0. The first-order valence-corrected chi connectivity index (χ1v) is 11.6. The van der Waals surface area contributed by atoms with Crippen LogP contribution in [0.25, 0.3) is 10.6 Å². The quantitative estimate of drug-likeness (QED) is 0.508. The van der Waals surface area contributed by atoms with Crippen LogP contribution in [0.15, 0.2) is 46.1 Å². The average Bonchev–Trinajstić information content (AvgIpc) is 3.42. The van der Waals surface area contributed by atoms with E-state index in [0.717, 1.165) is 53.6 Å². The Hall–Kier alpha value is -1.89. The molecule has 1 aromatic carbocycles. The number of carbonyl (C=O) groups is 1. The van der Waals surface area contributed by atoms with Gasteiger partial charge >= 0.3 is 0 Å². The first kappa shape index (κ1) is 19.4. The van der Waals surface area contributed by atoms with Gasteiger partial charge in [-0.05, 0) is 48.9 Å². The predicted octanol–water partition coefficient (Wildman–Crippen LogP) is 5.48. The Kier molecular flexibility index (Phi) is 5.99. The molecule has 0 saturated carbocycles. The largest absolute Gasteiger partial charge is 0.343 e. The standard InChI is InChI=1S/C21H22ClN3OS2/c1-15-16(22)6-2-7-17(15)23-21-25(12-5-11-24-10-3-9-20(24)26)18(14-28-21)19-8-4-13-27-19/h2,4,6-8,13-14H,3,5,9-12H2,1H3. The van der Waals surface area contributed by atoms with E-state index in [9.17, 15) is 4.79 Å². The maximum atomic E-state index is 11.9. The van der Waals surface area contributed by atoms with Crippen molar-refractivity contribution in [3.05, 3.63) is 56.5 Å². The number of thiazole rings is 1. The second-order valence-electron chi connectivity index (χ2n) is 6.87. The van der Waals surface area contributed by atoms with Crippen LogP contribution in [-0.2, 0) is 11.3 Å². The Balaban J connectivity index is 1.65. The lowest BCUT2D eigenvalue weighted by molar-refractivity contribution is -0.127. The van der Waals surface area contributed by atoms with Crippen LogP contribution in [0, 0.1) is 6.92 Å². The molecule has 1 aliphatic rings. The molecule has 2 aromatic heterocycles.